The number of benzene rings is 1. The molecule has 0 saturated carbocycles. The molecule has 134 valence electrons. The zero-order valence-electron chi connectivity index (χ0n) is 14.4. The first kappa shape index (κ1) is 16.3. The molecule has 1 unspecified atom stereocenters. The molecule has 2 N–H and O–H groups in total. The van der Waals surface area contributed by atoms with Crippen molar-refractivity contribution in [2.75, 3.05) is 0 Å². The van der Waals surface area contributed by atoms with Crippen molar-refractivity contribution in [2.24, 2.45) is 10.8 Å². The van der Waals surface area contributed by atoms with Crippen LogP contribution in [0.1, 0.15) is 28.5 Å². The number of hydrazone groups is 1. The van der Waals surface area contributed by atoms with Crippen LogP contribution in [0.2, 0.25) is 0 Å². The molecule has 1 aromatic carbocycles. The van der Waals surface area contributed by atoms with E-state index in [1.165, 1.54) is 0 Å². The van der Waals surface area contributed by atoms with Gasteiger partial charge in [0.15, 0.2) is 10.8 Å². The predicted molar refractivity (Wildman–Crippen MR) is 110 cm³/mol. The van der Waals surface area contributed by atoms with Crippen molar-refractivity contribution in [3.63, 3.8) is 0 Å². The number of hydrogen-bond acceptors (Lipinski definition) is 6. The van der Waals surface area contributed by atoms with Crippen LogP contribution in [0.4, 0.5) is 0 Å². The number of hydrogen-bond donors (Lipinski definition) is 1. The van der Waals surface area contributed by atoms with Crippen molar-refractivity contribution >= 4 is 50.9 Å². The number of pyridine rings is 1. The summed E-state index contributed by atoms with van der Waals surface area (Å²) >= 11 is 6.92. The predicted octanol–water partition coefficient (Wildman–Crippen LogP) is 3.04. The van der Waals surface area contributed by atoms with Crippen molar-refractivity contribution < 1.29 is 0 Å². The Morgan fingerprint density at radius 1 is 1.30 bits per heavy atom. The van der Waals surface area contributed by atoms with Crippen molar-refractivity contribution in [1.82, 2.24) is 25.0 Å². The van der Waals surface area contributed by atoms with Crippen LogP contribution in [0.15, 0.2) is 46.9 Å². The van der Waals surface area contributed by atoms with Gasteiger partial charge in [0.05, 0.1) is 22.1 Å². The highest BCUT2D eigenvalue weighted by atomic mass is 32.1. The van der Waals surface area contributed by atoms with Gasteiger partial charge in [0.25, 0.3) is 0 Å². The molecule has 0 spiro atoms. The fourth-order valence-electron chi connectivity index (χ4n) is 3.51. The molecule has 0 saturated heterocycles. The summed E-state index contributed by atoms with van der Waals surface area (Å²) in [7, 11) is 0. The number of tetrazole rings is 1. The lowest BCUT2D eigenvalue weighted by Crippen LogP contribution is -2.32. The molecule has 0 fully saturated rings. The van der Waals surface area contributed by atoms with E-state index >= 15 is 0 Å². The highest BCUT2D eigenvalue weighted by Crippen LogP contribution is 2.36. The van der Waals surface area contributed by atoms with E-state index in [-0.39, 0.29) is 11.2 Å². The second kappa shape index (κ2) is 6.07. The number of aryl methyl sites for hydroxylation is 1. The van der Waals surface area contributed by atoms with Gasteiger partial charge < -0.3 is 5.73 Å². The van der Waals surface area contributed by atoms with Crippen molar-refractivity contribution in [3.8, 4) is 0 Å². The first-order valence-electron chi connectivity index (χ1n) is 8.43. The molecule has 7 nitrogen and oxygen atoms in total. The Labute approximate surface area is 164 Å². The number of thiophene rings is 1. The molecule has 1 aliphatic heterocycles. The van der Waals surface area contributed by atoms with Crippen LogP contribution in [-0.4, -0.2) is 35.9 Å². The number of rotatable bonds is 2. The van der Waals surface area contributed by atoms with Gasteiger partial charge in [-0.2, -0.15) is 9.62 Å². The maximum Gasteiger partial charge on any atom is 0.187 e. The van der Waals surface area contributed by atoms with Crippen LogP contribution < -0.4 is 5.73 Å². The topological polar surface area (TPSA) is 84.7 Å². The highest BCUT2D eigenvalue weighted by molar-refractivity contribution is 7.80. The third kappa shape index (κ3) is 2.58. The van der Waals surface area contributed by atoms with Gasteiger partial charge in [-0.15, -0.1) is 16.4 Å². The first-order chi connectivity index (χ1) is 13.1. The molecular weight excluding hydrogens is 378 g/mol. The first-order valence-corrected chi connectivity index (χ1v) is 9.72. The van der Waals surface area contributed by atoms with Crippen LogP contribution in [-0.2, 0) is 0 Å². The minimum atomic E-state index is -0.140. The Morgan fingerprint density at radius 3 is 2.96 bits per heavy atom. The molecule has 0 amide bonds. The van der Waals surface area contributed by atoms with E-state index < -0.39 is 0 Å². The summed E-state index contributed by atoms with van der Waals surface area (Å²) in [4.78, 5) is 1.12. The van der Waals surface area contributed by atoms with E-state index in [9.17, 15) is 0 Å². The van der Waals surface area contributed by atoms with Crippen LogP contribution in [0.3, 0.4) is 0 Å². The Kier molecular flexibility index (Phi) is 3.66. The standard InChI is InChI=1S/C18H15N7S2/c1-10-4-5-11-8-12(17-20-22-23-24(17)14(11)7-10)15-9-13(16-3-2-6-27-16)21-25(15)18(19)26/h2-8,15H,9H2,1H3,(H2,19,26). The minimum absolute atomic E-state index is 0.140. The molecule has 27 heavy (non-hydrogen) atoms. The Morgan fingerprint density at radius 2 is 2.19 bits per heavy atom. The lowest BCUT2D eigenvalue weighted by molar-refractivity contribution is 0.374. The normalized spacial score (nSPS) is 17.0. The maximum absolute atomic E-state index is 5.99. The summed E-state index contributed by atoms with van der Waals surface area (Å²) in [5, 5.41) is 22.1. The zero-order chi connectivity index (χ0) is 18.5. The van der Waals surface area contributed by atoms with Crippen molar-refractivity contribution in [3.05, 3.63) is 57.8 Å². The van der Waals surface area contributed by atoms with Gasteiger partial charge in [-0.05, 0) is 58.7 Å². The molecule has 9 heteroatoms. The minimum Gasteiger partial charge on any atom is -0.375 e. The van der Waals surface area contributed by atoms with Gasteiger partial charge in [0.1, 0.15) is 0 Å². The summed E-state index contributed by atoms with van der Waals surface area (Å²) < 4.78 is 1.78. The molecule has 4 aromatic rings. The van der Waals surface area contributed by atoms with Gasteiger partial charge in [0, 0.05) is 17.4 Å². The van der Waals surface area contributed by atoms with E-state index in [0.29, 0.717) is 12.1 Å². The molecule has 3 aromatic heterocycles. The number of fused-ring (bicyclic) bond motifs is 3. The Balaban J connectivity index is 1.69. The molecule has 1 atom stereocenters. The molecule has 4 heterocycles. The monoisotopic (exact) mass is 393 g/mol. The molecule has 0 radical (unpaired) electrons. The van der Waals surface area contributed by atoms with Crippen LogP contribution in [0.5, 0.6) is 0 Å². The zero-order valence-corrected chi connectivity index (χ0v) is 16.0. The largest absolute Gasteiger partial charge is 0.375 e. The number of nitrogens with zero attached hydrogens (tertiary/aromatic N) is 6. The van der Waals surface area contributed by atoms with Crippen LogP contribution in [0.25, 0.3) is 16.6 Å². The van der Waals surface area contributed by atoms with E-state index in [1.807, 2.05) is 11.4 Å². The van der Waals surface area contributed by atoms with Crippen molar-refractivity contribution in [1.29, 1.82) is 0 Å². The number of nitrogens with two attached hydrogens (primary N) is 1. The third-order valence-electron chi connectivity index (χ3n) is 4.75. The average molecular weight is 394 g/mol. The van der Waals surface area contributed by atoms with E-state index in [4.69, 9.17) is 18.0 Å². The molecular formula is C18H15N7S2. The van der Waals surface area contributed by atoms with E-state index in [0.717, 1.165) is 32.6 Å². The molecule has 0 bridgehead atoms. The quantitative estimate of drug-likeness (QED) is 0.527. The maximum atomic E-state index is 5.99. The molecule has 0 aliphatic carbocycles. The van der Waals surface area contributed by atoms with E-state index in [1.54, 1.807) is 20.9 Å². The van der Waals surface area contributed by atoms with Gasteiger partial charge in [-0.25, -0.2) is 5.01 Å². The smallest absolute Gasteiger partial charge is 0.187 e. The van der Waals surface area contributed by atoms with E-state index in [2.05, 4.69) is 57.9 Å². The second-order valence-corrected chi connectivity index (χ2v) is 7.87. The molecule has 5 rings (SSSR count). The lowest BCUT2D eigenvalue weighted by Gasteiger charge is -2.22. The van der Waals surface area contributed by atoms with Gasteiger partial charge in [-0.1, -0.05) is 18.2 Å². The van der Waals surface area contributed by atoms with Crippen LogP contribution >= 0.6 is 23.6 Å². The fraction of sp³-hybridized carbons (Fsp3) is 0.167. The van der Waals surface area contributed by atoms with Gasteiger partial charge >= 0.3 is 0 Å². The van der Waals surface area contributed by atoms with Gasteiger partial charge in [-0.3, -0.25) is 0 Å². The second-order valence-electron chi connectivity index (χ2n) is 6.50. The summed E-state index contributed by atoms with van der Waals surface area (Å²) in [6, 6.07) is 12.3. The van der Waals surface area contributed by atoms with Crippen LogP contribution in [0, 0.1) is 6.92 Å². The summed E-state index contributed by atoms with van der Waals surface area (Å²) in [5.41, 5.74) is 10.7. The summed E-state index contributed by atoms with van der Waals surface area (Å²) in [6.45, 7) is 2.05. The van der Waals surface area contributed by atoms with Gasteiger partial charge in [0.2, 0.25) is 0 Å². The lowest BCUT2D eigenvalue weighted by atomic mass is 10.00. The molecule has 1 aliphatic rings. The average Bonchev–Trinajstić information content (AvgIpc) is 3.39. The fourth-order valence-corrected chi connectivity index (χ4v) is 4.40. The van der Waals surface area contributed by atoms with Crippen molar-refractivity contribution in [2.45, 2.75) is 19.4 Å². The SMILES string of the molecule is Cc1ccc2cc(C3CC(c4cccs4)=NN3C(N)=S)c3nnnn3c2c1. The Bertz CT molecular complexity index is 1210. The number of aromatic nitrogens is 4. The summed E-state index contributed by atoms with van der Waals surface area (Å²) in [5.74, 6) is 0. The number of thiocarbonyl (C=S) groups is 1. The summed E-state index contributed by atoms with van der Waals surface area (Å²) in [6.07, 6.45) is 0.692. The highest BCUT2D eigenvalue weighted by Gasteiger charge is 2.33. The third-order valence-corrected chi connectivity index (χ3v) is 5.86. The Hall–Kier alpha value is -2.91.